The molecule has 0 saturated heterocycles. The van der Waals surface area contributed by atoms with Crippen molar-refractivity contribution in [1.29, 1.82) is 0 Å². The third-order valence-electron chi connectivity index (χ3n) is 8.72. The van der Waals surface area contributed by atoms with E-state index in [0.717, 1.165) is 6.20 Å². The van der Waals surface area contributed by atoms with Crippen LogP contribution in [0.15, 0.2) is 49.4 Å². The fourth-order valence-corrected chi connectivity index (χ4v) is 8.49. The van der Waals surface area contributed by atoms with Crippen molar-refractivity contribution in [3.63, 3.8) is 0 Å². The Labute approximate surface area is 255 Å². The number of H-pyrrole nitrogens is 1. The average molecular weight is 712 g/mol. The summed E-state index contributed by atoms with van der Waals surface area (Å²) >= 11 is 6.72. The van der Waals surface area contributed by atoms with Crippen LogP contribution in [0.2, 0.25) is 0 Å². The average Bonchev–Trinajstić information content (AvgIpc) is 3.55. The van der Waals surface area contributed by atoms with Crippen LogP contribution in [-0.2, 0) is 25.6 Å². The number of hydrogen-bond donors (Lipinski definition) is 8. The van der Waals surface area contributed by atoms with E-state index in [1.54, 1.807) is 6.08 Å². The van der Waals surface area contributed by atoms with Gasteiger partial charge in [0.1, 0.15) is 28.7 Å². The topological polar surface area (TPSA) is 225 Å². The number of aliphatic hydroxyl groups excluding tert-OH is 4. The number of ether oxygens (including phenoxy) is 1. The Kier molecular flexibility index (Phi) is 6.94. The SMILES string of the molecule is COC1=C(Br)[C@@H](O)[C@]2(C=C1Br)CC(C(=O)NCCc1[nH]c(N)nc1C1C3CCC4(C(=O)C(O)=CNC4=C3O)C1O)=NO2. The van der Waals surface area contributed by atoms with Crippen molar-refractivity contribution >= 4 is 55.2 Å². The van der Waals surface area contributed by atoms with Gasteiger partial charge >= 0.3 is 0 Å². The molecule has 1 aromatic heterocycles. The minimum atomic E-state index is -1.53. The number of aromatic nitrogens is 2. The summed E-state index contributed by atoms with van der Waals surface area (Å²) in [5.74, 6) is -2.61. The van der Waals surface area contributed by atoms with Gasteiger partial charge in [0.15, 0.2) is 17.3 Å². The van der Waals surface area contributed by atoms with E-state index >= 15 is 0 Å². The maximum Gasteiger partial charge on any atom is 0.269 e. The second-order valence-corrected chi connectivity index (χ2v) is 12.6. The number of aliphatic hydroxyl groups is 4. The van der Waals surface area contributed by atoms with Crippen LogP contribution in [-0.4, -0.2) is 79.3 Å². The van der Waals surface area contributed by atoms with Gasteiger partial charge in [0, 0.05) is 43.1 Å². The zero-order valence-electron chi connectivity index (χ0n) is 22.1. The van der Waals surface area contributed by atoms with Gasteiger partial charge in [0.2, 0.25) is 5.78 Å². The molecular formula is C26H28Br2N6O8. The number of nitrogens with two attached hydrogens (primary N) is 1. The summed E-state index contributed by atoms with van der Waals surface area (Å²) in [7, 11) is 1.46. The molecular weight excluding hydrogens is 684 g/mol. The Hall–Kier alpha value is -3.34. The normalized spacial score (nSPS) is 33.5. The summed E-state index contributed by atoms with van der Waals surface area (Å²) in [5.41, 5.74) is 4.33. The number of anilines is 1. The summed E-state index contributed by atoms with van der Waals surface area (Å²) < 4.78 is 6.17. The van der Waals surface area contributed by atoms with E-state index in [9.17, 15) is 30.0 Å². The predicted molar refractivity (Wildman–Crippen MR) is 154 cm³/mol. The number of nitrogens with one attached hydrogen (secondary N) is 3. The molecule has 2 aliphatic heterocycles. The number of nitrogen functional groups attached to an aromatic ring is 1. The van der Waals surface area contributed by atoms with Crippen LogP contribution < -0.4 is 16.4 Å². The molecule has 9 N–H and O–H groups in total. The number of halogens is 2. The smallest absolute Gasteiger partial charge is 0.269 e. The van der Waals surface area contributed by atoms with Crippen molar-refractivity contribution in [3.05, 3.63) is 55.6 Å². The largest absolute Gasteiger partial charge is 0.510 e. The third kappa shape index (κ3) is 4.02. The van der Waals surface area contributed by atoms with Crippen molar-refractivity contribution in [2.24, 2.45) is 16.5 Å². The van der Waals surface area contributed by atoms with E-state index < -0.39 is 52.5 Å². The molecule has 6 atom stereocenters. The zero-order chi connectivity index (χ0) is 30.1. The van der Waals surface area contributed by atoms with Gasteiger partial charge in [-0.3, -0.25) is 9.59 Å². The van der Waals surface area contributed by atoms with Crippen molar-refractivity contribution in [2.75, 3.05) is 19.4 Å². The molecule has 1 saturated carbocycles. The highest BCUT2D eigenvalue weighted by Crippen LogP contribution is 2.59. The highest BCUT2D eigenvalue weighted by Gasteiger charge is 2.64. The number of carbonyl (C=O) groups is 2. The lowest BCUT2D eigenvalue weighted by molar-refractivity contribution is -0.142. The van der Waals surface area contributed by atoms with Gasteiger partial charge in [-0.2, -0.15) is 0 Å². The van der Waals surface area contributed by atoms with Gasteiger partial charge in [0.05, 0.1) is 33.6 Å². The number of nitrogens with zero attached hydrogens (tertiary/aromatic N) is 2. The molecule has 1 aromatic rings. The quantitative estimate of drug-likeness (QED) is 0.210. The first-order valence-corrected chi connectivity index (χ1v) is 14.7. The van der Waals surface area contributed by atoms with Crippen LogP contribution >= 0.6 is 31.9 Å². The number of ketones is 1. The van der Waals surface area contributed by atoms with Gasteiger partial charge in [-0.15, -0.1) is 0 Å². The van der Waals surface area contributed by atoms with Crippen LogP contribution in [0.1, 0.15) is 36.6 Å². The molecule has 2 bridgehead atoms. The second kappa shape index (κ2) is 10.1. The zero-order valence-corrected chi connectivity index (χ0v) is 25.3. The molecule has 14 nitrogen and oxygen atoms in total. The molecule has 2 spiro atoms. The molecule has 7 rings (SSSR count). The van der Waals surface area contributed by atoms with Gasteiger partial charge in [-0.25, -0.2) is 4.98 Å². The number of Topliss-reactive ketones (excluding diaryl/α,β-unsaturated/α-hetero) is 1. The fourth-order valence-electron chi connectivity index (χ4n) is 6.70. The standard InChI is InChI=1S/C26H28Br2N6O8/c1-41-18-10(27)6-25(22(39)15(18)28)7-12(34-42-25)23(40)30-5-3-11-16(33-24(29)32-11)14-9-2-4-26(21(14)38)19(17(9)36)31-8-13(35)20(26)37/h6,8-9,14,21-22,31,35-36,38-39H,2-5,7H2,1H3,(H,30,40)(H3,29,32,33)/t9?,14?,21?,22-,25+,26?/m1/s1. The number of aromatic amines is 1. The van der Waals surface area contributed by atoms with Crippen LogP contribution in [0.25, 0.3) is 0 Å². The number of oxime groups is 1. The molecule has 1 fully saturated rings. The number of carbonyl (C=O) groups excluding carboxylic acids is 2. The molecule has 42 heavy (non-hydrogen) atoms. The summed E-state index contributed by atoms with van der Waals surface area (Å²) in [6.45, 7) is 0.120. The summed E-state index contributed by atoms with van der Waals surface area (Å²) in [6, 6.07) is 0. The Bertz CT molecular complexity index is 1550. The molecule has 224 valence electrons. The van der Waals surface area contributed by atoms with E-state index in [0.29, 0.717) is 32.5 Å². The van der Waals surface area contributed by atoms with Crippen molar-refractivity contribution in [3.8, 4) is 0 Å². The van der Waals surface area contributed by atoms with Crippen LogP contribution in [0, 0.1) is 11.3 Å². The molecule has 4 aliphatic carbocycles. The number of imidazole rings is 1. The number of hydrogen-bond acceptors (Lipinski definition) is 12. The summed E-state index contributed by atoms with van der Waals surface area (Å²) in [5, 5.41) is 53.0. The Balaban J connectivity index is 1.16. The van der Waals surface area contributed by atoms with E-state index in [4.69, 9.17) is 15.3 Å². The first-order valence-electron chi connectivity index (χ1n) is 13.1. The lowest BCUT2D eigenvalue weighted by Crippen LogP contribution is -2.60. The Morgan fingerprint density at radius 3 is 2.83 bits per heavy atom. The number of amides is 1. The Morgan fingerprint density at radius 2 is 2.10 bits per heavy atom. The minimum Gasteiger partial charge on any atom is -0.510 e. The fraction of sp³-hybridized carbons (Fsp3) is 0.462. The molecule has 0 radical (unpaired) electrons. The number of methoxy groups -OCH3 is 1. The number of rotatable bonds is 6. The van der Waals surface area contributed by atoms with E-state index in [1.165, 1.54) is 7.11 Å². The van der Waals surface area contributed by atoms with Crippen molar-refractivity contribution in [2.45, 2.75) is 49.4 Å². The summed E-state index contributed by atoms with van der Waals surface area (Å²) in [4.78, 5) is 39.0. The molecule has 0 aromatic carbocycles. The second-order valence-electron chi connectivity index (χ2n) is 10.9. The van der Waals surface area contributed by atoms with E-state index in [-0.39, 0.29) is 48.9 Å². The van der Waals surface area contributed by atoms with Gasteiger partial charge in [-0.05, 0) is 50.8 Å². The van der Waals surface area contributed by atoms with Crippen molar-refractivity contribution in [1.82, 2.24) is 20.6 Å². The molecule has 4 unspecified atom stereocenters. The van der Waals surface area contributed by atoms with Crippen molar-refractivity contribution < 1.29 is 39.6 Å². The van der Waals surface area contributed by atoms with Gasteiger partial charge < -0.3 is 51.4 Å². The van der Waals surface area contributed by atoms with Gasteiger partial charge in [-0.1, -0.05) is 5.16 Å². The maximum atomic E-state index is 13.1. The molecule has 16 heteroatoms. The number of allylic oxidation sites excluding steroid dienone is 3. The Morgan fingerprint density at radius 1 is 1.33 bits per heavy atom. The molecule has 3 heterocycles. The monoisotopic (exact) mass is 710 g/mol. The molecule has 6 aliphatic rings. The highest BCUT2D eigenvalue weighted by molar-refractivity contribution is 9.12. The predicted octanol–water partition coefficient (Wildman–Crippen LogP) is 1.27. The first kappa shape index (κ1) is 28.8. The molecule has 1 amide bonds. The van der Waals surface area contributed by atoms with Gasteiger partial charge in [0.25, 0.3) is 5.91 Å². The lowest BCUT2D eigenvalue weighted by Gasteiger charge is -2.54. The number of fused-ring (bicyclic) bond motifs is 2. The highest BCUT2D eigenvalue weighted by atomic mass is 79.9. The first-order chi connectivity index (χ1) is 19.9. The van der Waals surface area contributed by atoms with E-state index in [1.807, 2.05) is 0 Å². The maximum absolute atomic E-state index is 13.1. The minimum absolute atomic E-state index is 0.00121. The van der Waals surface area contributed by atoms with E-state index in [2.05, 4.69) is 57.6 Å². The van der Waals surface area contributed by atoms with Crippen LogP contribution in [0.4, 0.5) is 5.95 Å². The summed E-state index contributed by atoms with van der Waals surface area (Å²) in [6.07, 6.45) is 1.11. The lowest BCUT2D eigenvalue weighted by atomic mass is 9.53. The van der Waals surface area contributed by atoms with Crippen LogP contribution in [0.3, 0.4) is 0 Å². The third-order valence-corrected chi connectivity index (χ3v) is 10.1. The van der Waals surface area contributed by atoms with Crippen LogP contribution in [0.5, 0.6) is 0 Å².